The van der Waals surface area contributed by atoms with E-state index in [2.05, 4.69) is 6.92 Å². The summed E-state index contributed by atoms with van der Waals surface area (Å²) < 4.78 is 73.0. The second kappa shape index (κ2) is 9.19. The van der Waals surface area contributed by atoms with Gasteiger partial charge in [-0.25, -0.2) is 8.42 Å². The number of hydrogen-bond donors (Lipinski definition) is 1. The fraction of sp³-hybridized carbons (Fsp3) is 0.381. The molecular weight excluding hydrogens is 469 g/mol. The van der Waals surface area contributed by atoms with E-state index in [-0.39, 0.29) is 21.2 Å². The van der Waals surface area contributed by atoms with Gasteiger partial charge in [-0.3, -0.25) is 9.52 Å². The molecule has 1 amide bonds. The number of carbonyl (C=O) groups excluding carboxylic acids is 1. The lowest BCUT2D eigenvalue weighted by atomic mass is 9.98. The number of sulfonamides is 1. The van der Waals surface area contributed by atoms with Crippen LogP contribution >= 0.6 is 11.6 Å². The Kier molecular flexibility index (Phi) is 6.94. The molecule has 174 valence electrons. The van der Waals surface area contributed by atoms with E-state index in [1.165, 1.54) is 19.2 Å². The normalized spacial score (nSPS) is 15.5. The van der Waals surface area contributed by atoms with Crippen LogP contribution in [0.3, 0.4) is 0 Å². The zero-order valence-electron chi connectivity index (χ0n) is 17.4. The van der Waals surface area contributed by atoms with E-state index in [0.717, 1.165) is 31.0 Å². The van der Waals surface area contributed by atoms with E-state index in [4.69, 9.17) is 16.3 Å². The smallest absolute Gasteiger partial charge is 0.418 e. The fourth-order valence-corrected chi connectivity index (χ4v) is 4.72. The van der Waals surface area contributed by atoms with E-state index < -0.39 is 33.4 Å². The summed E-state index contributed by atoms with van der Waals surface area (Å²) in [6, 6.07) is 6.31. The third-order valence-electron chi connectivity index (χ3n) is 5.31. The summed E-state index contributed by atoms with van der Waals surface area (Å²) in [6.07, 6.45) is -3.18. The Morgan fingerprint density at radius 1 is 1.16 bits per heavy atom. The Morgan fingerprint density at radius 3 is 2.41 bits per heavy atom. The van der Waals surface area contributed by atoms with Gasteiger partial charge in [-0.05, 0) is 55.2 Å². The van der Waals surface area contributed by atoms with Gasteiger partial charge >= 0.3 is 6.18 Å². The predicted octanol–water partition coefficient (Wildman–Crippen LogP) is 5.04. The molecule has 0 spiro atoms. The second-order valence-electron chi connectivity index (χ2n) is 7.63. The van der Waals surface area contributed by atoms with Crippen molar-refractivity contribution in [3.8, 4) is 5.75 Å². The standard InChI is InChI=1S/C21H22ClF3N2O4S/c1-13-7-9-27(10-8-13)20(28)16-12-15(4-6-19(16)31-2)32(29,30)26-18-5-3-14(22)11-17(18)21(23,24)25/h3-6,11-13,26H,7-10H2,1-2H3. The first kappa shape index (κ1) is 24.2. The minimum Gasteiger partial charge on any atom is -0.496 e. The lowest BCUT2D eigenvalue weighted by Crippen LogP contribution is -2.38. The molecule has 0 saturated carbocycles. The number of piperidine rings is 1. The molecule has 0 radical (unpaired) electrons. The zero-order chi connectivity index (χ0) is 23.7. The van der Waals surface area contributed by atoms with Crippen LogP contribution in [0, 0.1) is 5.92 Å². The number of ether oxygens (including phenoxy) is 1. The summed E-state index contributed by atoms with van der Waals surface area (Å²) in [7, 11) is -3.10. The molecule has 2 aromatic carbocycles. The summed E-state index contributed by atoms with van der Waals surface area (Å²) in [4.78, 5) is 14.3. The van der Waals surface area contributed by atoms with Crippen LogP contribution in [0.25, 0.3) is 0 Å². The average Bonchev–Trinajstić information content (AvgIpc) is 2.73. The summed E-state index contributed by atoms with van der Waals surface area (Å²) >= 11 is 5.65. The molecule has 0 unspecified atom stereocenters. The number of benzene rings is 2. The fourth-order valence-electron chi connectivity index (χ4n) is 3.45. The van der Waals surface area contributed by atoms with Crippen molar-refractivity contribution in [2.75, 3.05) is 24.9 Å². The van der Waals surface area contributed by atoms with Gasteiger partial charge in [0.05, 0.1) is 28.8 Å². The molecule has 0 bridgehead atoms. The molecule has 3 rings (SSSR count). The van der Waals surface area contributed by atoms with Gasteiger partial charge in [0.1, 0.15) is 5.75 Å². The van der Waals surface area contributed by atoms with Crippen molar-refractivity contribution in [3.05, 3.63) is 52.5 Å². The maximum atomic E-state index is 13.3. The summed E-state index contributed by atoms with van der Waals surface area (Å²) in [6.45, 7) is 3.14. The number of likely N-dealkylation sites (tertiary alicyclic amines) is 1. The van der Waals surface area contributed by atoms with Crippen LogP contribution in [0.2, 0.25) is 5.02 Å². The number of nitrogens with zero attached hydrogens (tertiary/aromatic N) is 1. The molecule has 1 N–H and O–H groups in total. The molecule has 11 heteroatoms. The van der Waals surface area contributed by atoms with Crippen LogP contribution < -0.4 is 9.46 Å². The van der Waals surface area contributed by atoms with Gasteiger partial charge in [-0.15, -0.1) is 0 Å². The minimum atomic E-state index is -4.82. The molecule has 32 heavy (non-hydrogen) atoms. The number of halogens is 4. The quantitative estimate of drug-likeness (QED) is 0.637. The van der Waals surface area contributed by atoms with Crippen LogP contribution in [0.1, 0.15) is 35.7 Å². The van der Waals surface area contributed by atoms with Crippen molar-refractivity contribution in [1.82, 2.24) is 4.90 Å². The molecule has 2 aromatic rings. The highest BCUT2D eigenvalue weighted by Gasteiger charge is 2.35. The molecule has 0 aliphatic carbocycles. The molecule has 1 fully saturated rings. The van der Waals surface area contributed by atoms with Gasteiger partial charge in [0.15, 0.2) is 0 Å². The van der Waals surface area contributed by atoms with Crippen LogP contribution in [0.4, 0.5) is 18.9 Å². The number of carbonyl (C=O) groups is 1. The van der Waals surface area contributed by atoms with Crippen LogP contribution in [0.5, 0.6) is 5.75 Å². The lowest BCUT2D eigenvalue weighted by molar-refractivity contribution is -0.136. The topological polar surface area (TPSA) is 75.7 Å². The average molecular weight is 491 g/mol. The largest absolute Gasteiger partial charge is 0.496 e. The number of rotatable bonds is 5. The third-order valence-corrected chi connectivity index (χ3v) is 6.91. The van der Waals surface area contributed by atoms with Gasteiger partial charge in [0, 0.05) is 18.1 Å². The van der Waals surface area contributed by atoms with E-state index in [9.17, 15) is 26.4 Å². The zero-order valence-corrected chi connectivity index (χ0v) is 18.9. The first-order chi connectivity index (χ1) is 14.9. The molecule has 1 saturated heterocycles. The van der Waals surface area contributed by atoms with Crippen LogP contribution in [-0.2, 0) is 16.2 Å². The summed E-state index contributed by atoms with van der Waals surface area (Å²) in [5.74, 6) is 0.266. The van der Waals surface area contributed by atoms with Gasteiger partial charge in [0.25, 0.3) is 15.9 Å². The van der Waals surface area contributed by atoms with Crippen LogP contribution in [-0.4, -0.2) is 39.4 Å². The van der Waals surface area contributed by atoms with Crippen molar-refractivity contribution in [1.29, 1.82) is 0 Å². The van der Waals surface area contributed by atoms with Crippen molar-refractivity contribution in [2.45, 2.75) is 30.8 Å². The number of nitrogens with one attached hydrogen (secondary N) is 1. The number of hydrogen-bond acceptors (Lipinski definition) is 4. The molecule has 0 atom stereocenters. The minimum absolute atomic E-state index is 0.0251. The summed E-state index contributed by atoms with van der Waals surface area (Å²) in [5, 5.41) is -0.187. The van der Waals surface area contributed by atoms with Crippen molar-refractivity contribution in [2.24, 2.45) is 5.92 Å². The molecule has 6 nitrogen and oxygen atoms in total. The second-order valence-corrected chi connectivity index (χ2v) is 9.75. The van der Waals surface area contributed by atoms with Crippen molar-refractivity contribution >= 4 is 33.2 Å². The summed E-state index contributed by atoms with van der Waals surface area (Å²) in [5.41, 5.74) is -1.87. The van der Waals surface area contributed by atoms with Gasteiger partial charge < -0.3 is 9.64 Å². The number of methoxy groups -OCH3 is 1. The Hall–Kier alpha value is -2.46. The first-order valence-electron chi connectivity index (χ1n) is 9.79. The molecule has 0 aromatic heterocycles. The molecule has 1 aliphatic heterocycles. The van der Waals surface area contributed by atoms with E-state index in [1.807, 2.05) is 4.72 Å². The maximum absolute atomic E-state index is 13.3. The molecule has 1 aliphatic rings. The van der Waals surface area contributed by atoms with Gasteiger partial charge in [0.2, 0.25) is 0 Å². The first-order valence-corrected chi connectivity index (χ1v) is 11.7. The SMILES string of the molecule is COc1ccc(S(=O)(=O)Nc2ccc(Cl)cc2C(F)(F)F)cc1C(=O)N1CCC(C)CC1. The third kappa shape index (κ3) is 5.29. The van der Waals surface area contributed by atoms with Gasteiger partial charge in [-0.1, -0.05) is 18.5 Å². The van der Waals surface area contributed by atoms with Crippen molar-refractivity contribution in [3.63, 3.8) is 0 Å². The number of alkyl halides is 3. The monoisotopic (exact) mass is 490 g/mol. The lowest BCUT2D eigenvalue weighted by Gasteiger charge is -2.30. The van der Waals surface area contributed by atoms with E-state index in [0.29, 0.717) is 25.1 Å². The Balaban J connectivity index is 1.96. The Bertz CT molecular complexity index is 1110. The molecule has 1 heterocycles. The van der Waals surface area contributed by atoms with E-state index in [1.54, 1.807) is 4.90 Å². The number of amides is 1. The molecular formula is C21H22ClF3N2O4S. The highest BCUT2D eigenvalue weighted by atomic mass is 35.5. The highest BCUT2D eigenvalue weighted by molar-refractivity contribution is 7.92. The van der Waals surface area contributed by atoms with E-state index >= 15 is 0 Å². The number of anilines is 1. The van der Waals surface area contributed by atoms with Gasteiger partial charge in [-0.2, -0.15) is 13.2 Å². The highest BCUT2D eigenvalue weighted by Crippen LogP contribution is 2.37. The van der Waals surface area contributed by atoms with Crippen LogP contribution in [0.15, 0.2) is 41.3 Å². The Morgan fingerprint density at radius 2 is 1.81 bits per heavy atom. The predicted molar refractivity (Wildman–Crippen MR) is 115 cm³/mol. The van der Waals surface area contributed by atoms with Crippen molar-refractivity contribution < 1.29 is 31.1 Å². The Labute approximate surface area is 189 Å². The maximum Gasteiger partial charge on any atom is 0.418 e.